The minimum absolute atomic E-state index is 0.537. The normalized spacial score (nSPS) is 10.6. The van der Waals surface area contributed by atoms with E-state index in [-0.39, 0.29) is 0 Å². The molecule has 0 radical (unpaired) electrons. The molecule has 0 aromatic heterocycles. The molecule has 0 heterocycles. The molecule has 3 N–H and O–H groups in total. The summed E-state index contributed by atoms with van der Waals surface area (Å²) >= 11 is 3.49. The predicted octanol–water partition coefficient (Wildman–Crippen LogP) is 3.63. The van der Waals surface area contributed by atoms with Gasteiger partial charge in [0.15, 0.2) is 0 Å². The first-order chi connectivity index (χ1) is 6.67. The van der Waals surface area contributed by atoms with Crippen LogP contribution < -0.4 is 11.1 Å². The summed E-state index contributed by atoms with van der Waals surface area (Å²) in [6.45, 7) is 4.37. The van der Waals surface area contributed by atoms with Crippen molar-refractivity contribution in [3.05, 3.63) is 22.7 Å². The summed E-state index contributed by atoms with van der Waals surface area (Å²) in [5.74, 6) is 0. The fourth-order valence-electron chi connectivity index (χ4n) is 1.36. The zero-order valence-corrected chi connectivity index (χ0v) is 10.3. The Bertz CT molecular complexity index is 295. The molecule has 2 nitrogen and oxygen atoms in total. The third-order valence-corrected chi connectivity index (χ3v) is 2.99. The van der Waals surface area contributed by atoms with Gasteiger partial charge in [0.25, 0.3) is 0 Å². The number of halogens is 1. The van der Waals surface area contributed by atoms with E-state index in [9.17, 15) is 0 Å². The highest BCUT2D eigenvalue weighted by atomic mass is 79.9. The number of nitrogen functional groups attached to an aromatic ring is 1. The Morgan fingerprint density at radius 1 is 1.36 bits per heavy atom. The van der Waals surface area contributed by atoms with Gasteiger partial charge < -0.3 is 11.1 Å². The van der Waals surface area contributed by atoms with Gasteiger partial charge in [-0.3, -0.25) is 0 Å². The molecule has 0 aliphatic heterocycles. The molecular formula is C11H17BrN2. The molecule has 0 amide bonds. The van der Waals surface area contributed by atoms with Crippen LogP contribution in [0.4, 0.5) is 11.4 Å². The van der Waals surface area contributed by atoms with Gasteiger partial charge in [0, 0.05) is 21.9 Å². The molecule has 0 atom stereocenters. The standard InChI is InChI=1S/C11H17BrN2/c1-3-9(4-2)14-11-6-5-8(13)7-10(11)12/h5-7,9,14H,3-4,13H2,1-2H3. The molecule has 0 aliphatic carbocycles. The smallest absolute Gasteiger partial charge is 0.0488 e. The molecule has 0 fully saturated rings. The summed E-state index contributed by atoms with van der Waals surface area (Å²) in [5, 5.41) is 3.47. The van der Waals surface area contributed by atoms with Crippen molar-refractivity contribution >= 4 is 27.3 Å². The molecule has 0 aliphatic rings. The van der Waals surface area contributed by atoms with Gasteiger partial charge in [-0.2, -0.15) is 0 Å². The molecule has 78 valence electrons. The maximum absolute atomic E-state index is 5.67. The van der Waals surface area contributed by atoms with Crippen LogP contribution >= 0.6 is 15.9 Å². The molecule has 0 saturated carbocycles. The lowest BCUT2D eigenvalue weighted by atomic mass is 10.1. The van der Waals surface area contributed by atoms with Gasteiger partial charge in [0.1, 0.15) is 0 Å². The van der Waals surface area contributed by atoms with Crippen molar-refractivity contribution in [2.24, 2.45) is 0 Å². The molecule has 0 bridgehead atoms. The van der Waals surface area contributed by atoms with E-state index in [4.69, 9.17) is 5.73 Å². The summed E-state index contributed by atoms with van der Waals surface area (Å²) in [6.07, 6.45) is 2.26. The van der Waals surface area contributed by atoms with E-state index in [1.54, 1.807) is 0 Å². The van der Waals surface area contributed by atoms with E-state index in [2.05, 4.69) is 35.1 Å². The quantitative estimate of drug-likeness (QED) is 0.808. The van der Waals surface area contributed by atoms with Crippen LogP contribution in [0.1, 0.15) is 26.7 Å². The monoisotopic (exact) mass is 256 g/mol. The van der Waals surface area contributed by atoms with Crippen molar-refractivity contribution in [3.8, 4) is 0 Å². The Labute approximate surface area is 94.0 Å². The molecule has 1 aromatic carbocycles. The largest absolute Gasteiger partial charge is 0.399 e. The summed E-state index contributed by atoms with van der Waals surface area (Å²) in [6, 6.07) is 6.38. The number of nitrogens with two attached hydrogens (primary N) is 1. The number of rotatable bonds is 4. The van der Waals surface area contributed by atoms with Crippen molar-refractivity contribution < 1.29 is 0 Å². The van der Waals surface area contributed by atoms with Crippen LogP contribution in [-0.4, -0.2) is 6.04 Å². The van der Waals surface area contributed by atoms with E-state index >= 15 is 0 Å². The Hall–Kier alpha value is -0.700. The molecule has 3 heteroatoms. The fraction of sp³-hybridized carbons (Fsp3) is 0.455. The highest BCUT2D eigenvalue weighted by Crippen LogP contribution is 2.25. The van der Waals surface area contributed by atoms with Crippen LogP contribution in [0.25, 0.3) is 0 Å². The van der Waals surface area contributed by atoms with E-state index in [0.29, 0.717) is 6.04 Å². The van der Waals surface area contributed by atoms with Gasteiger partial charge in [0.05, 0.1) is 0 Å². The number of hydrogen-bond donors (Lipinski definition) is 2. The van der Waals surface area contributed by atoms with Crippen molar-refractivity contribution in [1.29, 1.82) is 0 Å². The summed E-state index contributed by atoms with van der Waals surface area (Å²) in [4.78, 5) is 0. The summed E-state index contributed by atoms with van der Waals surface area (Å²) in [7, 11) is 0. The zero-order chi connectivity index (χ0) is 10.6. The van der Waals surface area contributed by atoms with Gasteiger partial charge in [-0.25, -0.2) is 0 Å². The van der Waals surface area contributed by atoms with Crippen LogP contribution in [0.3, 0.4) is 0 Å². The highest BCUT2D eigenvalue weighted by Gasteiger charge is 2.05. The zero-order valence-electron chi connectivity index (χ0n) is 8.68. The van der Waals surface area contributed by atoms with Crippen molar-refractivity contribution in [3.63, 3.8) is 0 Å². The van der Waals surface area contributed by atoms with Gasteiger partial charge in [-0.15, -0.1) is 0 Å². The molecule has 1 rings (SSSR count). The number of anilines is 2. The topological polar surface area (TPSA) is 38.0 Å². The highest BCUT2D eigenvalue weighted by molar-refractivity contribution is 9.10. The first-order valence-corrected chi connectivity index (χ1v) is 5.78. The number of benzene rings is 1. The average molecular weight is 257 g/mol. The maximum Gasteiger partial charge on any atom is 0.0488 e. The molecule has 0 unspecified atom stereocenters. The third-order valence-electron chi connectivity index (χ3n) is 2.34. The van der Waals surface area contributed by atoms with Crippen LogP contribution in [0.5, 0.6) is 0 Å². The van der Waals surface area contributed by atoms with E-state index in [1.165, 1.54) is 0 Å². The summed E-state index contributed by atoms with van der Waals surface area (Å²) < 4.78 is 1.03. The first-order valence-electron chi connectivity index (χ1n) is 4.99. The second-order valence-corrected chi connectivity index (χ2v) is 4.25. The van der Waals surface area contributed by atoms with Crippen molar-refractivity contribution in [2.45, 2.75) is 32.7 Å². The fourth-order valence-corrected chi connectivity index (χ4v) is 1.87. The molecule has 1 aromatic rings. The number of nitrogens with one attached hydrogen (secondary N) is 1. The summed E-state index contributed by atoms with van der Waals surface area (Å²) in [5.41, 5.74) is 7.57. The van der Waals surface area contributed by atoms with Gasteiger partial charge in [0.2, 0.25) is 0 Å². The Balaban J connectivity index is 2.76. The van der Waals surface area contributed by atoms with Crippen molar-refractivity contribution in [2.75, 3.05) is 11.1 Å². The van der Waals surface area contributed by atoms with Crippen LogP contribution in [0, 0.1) is 0 Å². The second kappa shape index (κ2) is 5.25. The predicted molar refractivity (Wildman–Crippen MR) is 66.5 cm³/mol. The van der Waals surface area contributed by atoms with Crippen LogP contribution in [0.15, 0.2) is 22.7 Å². The van der Waals surface area contributed by atoms with Crippen molar-refractivity contribution in [1.82, 2.24) is 0 Å². The van der Waals surface area contributed by atoms with E-state index in [0.717, 1.165) is 28.7 Å². The minimum Gasteiger partial charge on any atom is -0.399 e. The average Bonchev–Trinajstić information content (AvgIpc) is 2.17. The SMILES string of the molecule is CCC(CC)Nc1ccc(N)cc1Br. The molecular weight excluding hydrogens is 240 g/mol. The Morgan fingerprint density at radius 3 is 2.50 bits per heavy atom. The Kier molecular flexibility index (Phi) is 4.26. The lowest BCUT2D eigenvalue weighted by molar-refractivity contribution is 0.671. The van der Waals surface area contributed by atoms with Gasteiger partial charge >= 0.3 is 0 Å². The second-order valence-electron chi connectivity index (χ2n) is 3.40. The van der Waals surface area contributed by atoms with Crippen LogP contribution in [-0.2, 0) is 0 Å². The number of hydrogen-bond acceptors (Lipinski definition) is 2. The molecule has 14 heavy (non-hydrogen) atoms. The van der Waals surface area contributed by atoms with Gasteiger partial charge in [-0.05, 0) is 47.0 Å². The molecule has 0 spiro atoms. The minimum atomic E-state index is 0.537. The van der Waals surface area contributed by atoms with E-state index in [1.807, 2.05) is 18.2 Å². The Morgan fingerprint density at radius 2 is 2.00 bits per heavy atom. The van der Waals surface area contributed by atoms with E-state index < -0.39 is 0 Å². The molecule has 0 saturated heterocycles. The van der Waals surface area contributed by atoms with Crippen LogP contribution in [0.2, 0.25) is 0 Å². The maximum atomic E-state index is 5.67. The third kappa shape index (κ3) is 2.91. The first kappa shape index (κ1) is 11.4. The lowest BCUT2D eigenvalue weighted by Gasteiger charge is -2.17. The lowest BCUT2D eigenvalue weighted by Crippen LogP contribution is -2.17. The van der Waals surface area contributed by atoms with Gasteiger partial charge in [-0.1, -0.05) is 13.8 Å².